The fraction of sp³-hybridized carbons (Fsp3) is 0.214. The summed E-state index contributed by atoms with van der Waals surface area (Å²) in [6, 6.07) is 16.3. The van der Waals surface area contributed by atoms with Gasteiger partial charge in [-0.05, 0) is 49.6 Å². The third-order valence-corrected chi connectivity index (χ3v) is 8.82. The fourth-order valence-electron chi connectivity index (χ4n) is 4.56. The van der Waals surface area contributed by atoms with Gasteiger partial charge >= 0.3 is 0 Å². The number of aromatic nitrogens is 2. The lowest BCUT2D eigenvalue weighted by molar-refractivity contribution is -0.110. The quantitative estimate of drug-likeness (QED) is 0.243. The van der Waals surface area contributed by atoms with E-state index in [4.69, 9.17) is 9.72 Å². The number of amides is 1. The standard InChI is InChI=1S/C28H26N4O2S2/c1-17-24(29-18(2)26(17)36-32-10-12-34-13-11-32)15-22-21-14-20(8-9-23(21)30-27(22)33)25-16-35-28(31-25)19-6-4-3-5-7-19/h3-9,14-16,29H,10-13H2,1-2H3,(H,30,33)/b22-15-. The van der Waals surface area contributed by atoms with E-state index in [-0.39, 0.29) is 5.91 Å². The number of thiazole rings is 1. The highest BCUT2D eigenvalue weighted by Gasteiger charge is 2.26. The highest BCUT2D eigenvalue weighted by atomic mass is 32.2. The van der Waals surface area contributed by atoms with Crippen molar-refractivity contribution in [2.24, 2.45) is 0 Å². The van der Waals surface area contributed by atoms with Gasteiger partial charge in [0.15, 0.2) is 0 Å². The zero-order valence-electron chi connectivity index (χ0n) is 20.1. The molecule has 0 atom stereocenters. The molecule has 0 bridgehead atoms. The zero-order valence-corrected chi connectivity index (χ0v) is 21.8. The molecule has 0 unspecified atom stereocenters. The van der Waals surface area contributed by atoms with Crippen molar-refractivity contribution < 1.29 is 9.53 Å². The first-order valence-electron chi connectivity index (χ1n) is 12.0. The average Bonchev–Trinajstić information content (AvgIpc) is 3.58. The Morgan fingerprint density at radius 3 is 2.69 bits per heavy atom. The summed E-state index contributed by atoms with van der Waals surface area (Å²) < 4.78 is 7.82. The van der Waals surface area contributed by atoms with Gasteiger partial charge < -0.3 is 15.0 Å². The van der Waals surface area contributed by atoms with E-state index >= 15 is 0 Å². The molecule has 36 heavy (non-hydrogen) atoms. The lowest BCUT2D eigenvalue weighted by Crippen LogP contribution is -2.31. The Labute approximate surface area is 218 Å². The summed E-state index contributed by atoms with van der Waals surface area (Å²) in [5, 5.41) is 6.08. The third kappa shape index (κ3) is 4.41. The summed E-state index contributed by atoms with van der Waals surface area (Å²) in [5.74, 6) is -0.0839. The maximum Gasteiger partial charge on any atom is 0.256 e. The summed E-state index contributed by atoms with van der Waals surface area (Å²) in [4.78, 5) is 22.5. The van der Waals surface area contributed by atoms with E-state index in [0.717, 1.165) is 76.3 Å². The van der Waals surface area contributed by atoms with Crippen LogP contribution in [0.2, 0.25) is 0 Å². The second kappa shape index (κ2) is 9.71. The largest absolute Gasteiger partial charge is 0.379 e. The van der Waals surface area contributed by atoms with E-state index in [1.165, 1.54) is 4.90 Å². The van der Waals surface area contributed by atoms with E-state index < -0.39 is 0 Å². The van der Waals surface area contributed by atoms with Crippen LogP contribution < -0.4 is 5.32 Å². The lowest BCUT2D eigenvalue weighted by atomic mass is 10.0. The second-order valence-electron chi connectivity index (χ2n) is 8.93. The number of anilines is 1. The number of carbonyl (C=O) groups excluding carboxylic acids is 1. The van der Waals surface area contributed by atoms with Crippen LogP contribution in [0.4, 0.5) is 5.69 Å². The van der Waals surface area contributed by atoms with Gasteiger partial charge in [0.1, 0.15) is 5.01 Å². The zero-order chi connectivity index (χ0) is 24.6. The van der Waals surface area contributed by atoms with E-state index in [1.807, 2.05) is 36.4 Å². The number of nitrogens with zero attached hydrogens (tertiary/aromatic N) is 2. The van der Waals surface area contributed by atoms with Crippen molar-refractivity contribution in [3.63, 3.8) is 0 Å². The number of aryl methyl sites for hydroxylation is 1. The number of nitrogens with one attached hydrogen (secondary N) is 2. The van der Waals surface area contributed by atoms with Gasteiger partial charge in [0, 0.05) is 57.1 Å². The number of carbonyl (C=O) groups is 1. The topological polar surface area (TPSA) is 70.2 Å². The molecule has 4 heterocycles. The first-order chi connectivity index (χ1) is 17.6. The highest BCUT2D eigenvalue weighted by molar-refractivity contribution is 7.97. The molecule has 0 saturated carbocycles. The molecular weight excluding hydrogens is 488 g/mol. The molecule has 1 saturated heterocycles. The summed E-state index contributed by atoms with van der Waals surface area (Å²) in [7, 11) is 0. The van der Waals surface area contributed by atoms with Crippen LogP contribution >= 0.6 is 23.3 Å². The molecule has 182 valence electrons. The SMILES string of the molecule is Cc1[nH]c(/C=C2\C(=O)Nc3ccc(-c4csc(-c5ccccc5)n4)cc32)c(C)c1SN1CCOCC1. The molecule has 2 aromatic heterocycles. The molecule has 0 radical (unpaired) electrons. The Hall–Kier alpha value is -3.17. The molecule has 8 heteroatoms. The maximum absolute atomic E-state index is 13.0. The molecule has 1 amide bonds. The first-order valence-corrected chi connectivity index (χ1v) is 13.6. The van der Waals surface area contributed by atoms with Crippen molar-refractivity contribution in [1.82, 2.24) is 14.3 Å². The highest BCUT2D eigenvalue weighted by Crippen LogP contribution is 2.39. The number of fused-ring (bicyclic) bond motifs is 1. The van der Waals surface area contributed by atoms with E-state index in [2.05, 4.69) is 52.0 Å². The average molecular weight is 515 g/mol. The molecule has 1 fully saturated rings. The first kappa shape index (κ1) is 23.2. The van der Waals surface area contributed by atoms with Gasteiger partial charge in [-0.25, -0.2) is 9.29 Å². The normalized spacial score (nSPS) is 16.9. The summed E-state index contributed by atoms with van der Waals surface area (Å²) in [6.07, 6.45) is 1.98. The second-order valence-corrected chi connectivity index (χ2v) is 10.9. The van der Waals surface area contributed by atoms with E-state index in [0.29, 0.717) is 5.57 Å². The Morgan fingerprint density at radius 1 is 1.08 bits per heavy atom. The number of benzene rings is 2. The predicted molar refractivity (Wildman–Crippen MR) is 148 cm³/mol. The summed E-state index contributed by atoms with van der Waals surface area (Å²) in [5.41, 5.74) is 8.65. The van der Waals surface area contributed by atoms with Crippen molar-refractivity contribution in [1.29, 1.82) is 0 Å². The van der Waals surface area contributed by atoms with Crippen LogP contribution in [-0.4, -0.2) is 46.5 Å². The van der Waals surface area contributed by atoms with Crippen LogP contribution in [0.15, 0.2) is 58.8 Å². The van der Waals surface area contributed by atoms with Gasteiger partial charge in [-0.1, -0.05) is 36.4 Å². The van der Waals surface area contributed by atoms with Crippen molar-refractivity contribution in [2.75, 3.05) is 31.6 Å². The van der Waals surface area contributed by atoms with Crippen LogP contribution in [0.25, 0.3) is 33.5 Å². The summed E-state index contributed by atoms with van der Waals surface area (Å²) >= 11 is 3.40. The number of morpholine rings is 1. The van der Waals surface area contributed by atoms with Crippen LogP contribution in [0, 0.1) is 13.8 Å². The Morgan fingerprint density at radius 2 is 1.89 bits per heavy atom. The van der Waals surface area contributed by atoms with Crippen LogP contribution in [0.3, 0.4) is 0 Å². The van der Waals surface area contributed by atoms with Crippen molar-refractivity contribution >= 4 is 46.5 Å². The number of rotatable bonds is 5. The predicted octanol–water partition coefficient (Wildman–Crippen LogP) is 6.25. The molecule has 4 aromatic rings. The van der Waals surface area contributed by atoms with Gasteiger partial charge in [0.2, 0.25) is 0 Å². The van der Waals surface area contributed by atoms with Crippen molar-refractivity contribution in [3.8, 4) is 21.8 Å². The lowest BCUT2D eigenvalue weighted by Gasteiger charge is -2.25. The molecule has 6 nitrogen and oxygen atoms in total. The minimum absolute atomic E-state index is 0.0839. The molecule has 0 aliphatic carbocycles. The van der Waals surface area contributed by atoms with E-state index in [1.54, 1.807) is 23.3 Å². The molecule has 2 aliphatic rings. The maximum atomic E-state index is 13.0. The fourth-order valence-corrected chi connectivity index (χ4v) is 6.42. The summed E-state index contributed by atoms with van der Waals surface area (Å²) in [6.45, 7) is 7.54. The molecular formula is C28H26N4O2S2. The van der Waals surface area contributed by atoms with Gasteiger partial charge in [0.05, 0.1) is 24.5 Å². The van der Waals surface area contributed by atoms with Gasteiger partial charge in [-0.15, -0.1) is 11.3 Å². The van der Waals surface area contributed by atoms with Gasteiger partial charge in [0.25, 0.3) is 5.91 Å². The smallest absolute Gasteiger partial charge is 0.256 e. The number of hydrogen-bond acceptors (Lipinski definition) is 6. The van der Waals surface area contributed by atoms with Gasteiger partial charge in [-0.2, -0.15) is 0 Å². The van der Waals surface area contributed by atoms with Crippen LogP contribution in [0.5, 0.6) is 0 Å². The molecule has 2 N–H and O–H groups in total. The van der Waals surface area contributed by atoms with E-state index in [9.17, 15) is 4.79 Å². The molecule has 0 spiro atoms. The number of H-pyrrole nitrogens is 1. The minimum Gasteiger partial charge on any atom is -0.379 e. The van der Waals surface area contributed by atoms with Crippen LogP contribution in [-0.2, 0) is 9.53 Å². The Bertz CT molecular complexity index is 1470. The molecule has 2 aromatic carbocycles. The Kier molecular flexibility index (Phi) is 6.27. The van der Waals surface area contributed by atoms with Crippen molar-refractivity contribution in [3.05, 3.63) is 76.4 Å². The van der Waals surface area contributed by atoms with Crippen molar-refractivity contribution in [2.45, 2.75) is 18.7 Å². The number of aromatic amines is 1. The monoisotopic (exact) mass is 514 g/mol. The molecule has 2 aliphatic heterocycles. The third-order valence-electron chi connectivity index (χ3n) is 6.51. The number of hydrogen-bond donors (Lipinski definition) is 2. The number of ether oxygens (including phenoxy) is 1. The minimum atomic E-state index is -0.0839. The molecule has 6 rings (SSSR count). The van der Waals surface area contributed by atoms with Crippen LogP contribution in [0.1, 0.15) is 22.5 Å². The van der Waals surface area contributed by atoms with Gasteiger partial charge in [-0.3, -0.25) is 4.79 Å². The Balaban J connectivity index is 1.32.